The quantitative estimate of drug-likeness (QED) is 0.715. The van der Waals surface area contributed by atoms with Gasteiger partial charge in [-0.2, -0.15) is 5.10 Å². The summed E-state index contributed by atoms with van der Waals surface area (Å²) in [4.78, 5) is 19.9. The summed E-state index contributed by atoms with van der Waals surface area (Å²) in [6, 6.07) is 0.486. The van der Waals surface area contributed by atoms with Crippen molar-refractivity contribution in [2.24, 2.45) is 5.92 Å². The second kappa shape index (κ2) is 8.57. The van der Waals surface area contributed by atoms with Crippen molar-refractivity contribution < 1.29 is 4.79 Å². The maximum atomic E-state index is 13.2. The van der Waals surface area contributed by atoms with Gasteiger partial charge in [-0.1, -0.05) is 19.9 Å². The highest BCUT2D eigenvalue weighted by Gasteiger charge is 2.33. The third-order valence-electron chi connectivity index (χ3n) is 5.89. The Morgan fingerprint density at radius 3 is 2.67 bits per heavy atom. The number of piperazine rings is 1. The lowest BCUT2D eigenvalue weighted by molar-refractivity contribution is 0.0655. The first kappa shape index (κ1) is 20.1. The maximum Gasteiger partial charge on any atom is 0.274 e. The minimum absolute atomic E-state index is 0.106. The molecule has 27 heavy (non-hydrogen) atoms. The van der Waals surface area contributed by atoms with Crippen molar-refractivity contribution >= 4 is 5.91 Å². The molecule has 1 unspecified atom stereocenters. The molecule has 1 saturated heterocycles. The zero-order chi connectivity index (χ0) is 19.6. The fraction of sp³-hybridized carbons (Fsp3) is 0.714. The fourth-order valence-corrected chi connectivity index (χ4v) is 4.38. The van der Waals surface area contributed by atoms with E-state index in [1.165, 1.54) is 11.3 Å². The number of carbonyl (C=O) groups excluding carboxylic acids is 1. The molecular weight excluding hydrogens is 338 g/mol. The van der Waals surface area contributed by atoms with Crippen molar-refractivity contribution in [2.45, 2.75) is 45.7 Å². The van der Waals surface area contributed by atoms with E-state index >= 15 is 0 Å². The molecule has 0 spiro atoms. The van der Waals surface area contributed by atoms with Crippen LogP contribution in [0.25, 0.3) is 0 Å². The van der Waals surface area contributed by atoms with Gasteiger partial charge < -0.3 is 14.7 Å². The first-order valence-electron chi connectivity index (χ1n) is 10.3. The van der Waals surface area contributed by atoms with Gasteiger partial charge in [0.25, 0.3) is 5.91 Å². The highest BCUT2D eigenvalue weighted by molar-refractivity contribution is 5.94. The molecule has 1 aromatic rings. The molecule has 6 heteroatoms. The Hall–Kier alpha value is -1.66. The summed E-state index contributed by atoms with van der Waals surface area (Å²) < 4.78 is 2.00. The van der Waals surface area contributed by atoms with Gasteiger partial charge in [0.15, 0.2) is 5.69 Å². The van der Waals surface area contributed by atoms with E-state index in [1.807, 2.05) is 15.7 Å². The van der Waals surface area contributed by atoms with Crippen molar-refractivity contribution in [1.29, 1.82) is 0 Å². The Morgan fingerprint density at radius 1 is 1.33 bits per heavy atom. The smallest absolute Gasteiger partial charge is 0.274 e. The van der Waals surface area contributed by atoms with E-state index in [0.29, 0.717) is 24.2 Å². The number of hydrogen-bond donors (Lipinski definition) is 0. The van der Waals surface area contributed by atoms with Crippen LogP contribution in [0.2, 0.25) is 0 Å². The standard InChI is InChI=1S/C21H35N5O/c1-6-9-26-19-8-7-17(24(5)15-16(2)3)14-18(19)20(22-26)21(27)25-12-10-23(4)11-13-25/h6,16-17H,1,7-15H2,2-5H3. The summed E-state index contributed by atoms with van der Waals surface area (Å²) in [5, 5.41) is 4.75. The van der Waals surface area contributed by atoms with Gasteiger partial charge in [0.2, 0.25) is 0 Å². The lowest BCUT2D eigenvalue weighted by atomic mass is 9.90. The monoisotopic (exact) mass is 373 g/mol. The number of fused-ring (bicyclic) bond motifs is 1. The van der Waals surface area contributed by atoms with Crippen molar-refractivity contribution in [3.63, 3.8) is 0 Å². The van der Waals surface area contributed by atoms with E-state index in [9.17, 15) is 4.79 Å². The van der Waals surface area contributed by atoms with Crippen LogP contribution >= 0.6 is 0 Å². The van der Waals surface area contributed by atoms with Crippen LogP contribution in [0.5, 0.6) is 0 Å². The molecule has 0 saturated carbocycles. The number of amides is 1. The van der Waals surface area contributed by atoms with Gasteiger partial charge in [-0.05, 0) is 39.3 Å². The molecule has 6 nitrogen and oxygen atoms in total. The van der Waals surface area contributed by atoms with Crippen LogP contribution in [-0.4, -0.2) is 83.2 Å². The summed E-state index contributed by atoms with van der Waals surface area (Å²) in [6.45, 7) is 13.6. The van der Waals surface area contributed by atoms with E-state index in [-0.39, 0.29) is 5.91 Å². The predicted octanol–water partition coefficient (Wildman–Crippen LogP) is 1.90. The van der Waals surface area contributed by atoms with Crippen LogP contribution in [-0.2, 0) is 19.4 Å². The first-order valence-corrected chi connectivity index (χ1v) is 10.3. The predicted molar refractivity (Wildman–Crippen MR) is 109 cm³/mol. The van der Waals surface area contributed by atoms with Crippen LogP contribution in [0.4, 0.5) is 0 Å². The molecule has 1 fully saturated rings. The molecule has 1 amide bonds. The van der Waals surface area contributed by atoms with Gasteiger partial charge in [0, 0.05) is 50.0 Å². The summed E-state index contributed by atoms with van der Waals surface area (Å²) >= 11 is 0. The lowest BCUT2D eigenvalue weighted by Gasteiger charge is -2.34. The lowest BCUT2D eigenvalue weighted by Crippen LogP contribution is -2.47. The van der Waals surface area contributed by atoms with Crippen LogP contribution in [0.1, 0.15) is 42.0 Å². The number of nitrogens with zero attached hydrogens (tertiary/aromatic N) is 5. The molecule has 0 aromatic carbocycles. The molecule has 150 valence electrons. The maximum absolute atomic E-state index is 13.2. The fourth-order valence-electron chi connectivity index (χ4n) is 4.38. The number of rotatable bonds is 6. The zero-order valence-electron chi connectivity index (χ0n) is 17.4. The molecule has 0 N–H and O–H groups in total. The van der Waals surface area contributed by atoms with Crippen LogP contribution in [0.3, 0.4) is 0 Å². The minimum Gasteiger partial charge on any atom is -0.335 e. The molecular formula is C21H35N5O. The Kier molecular flexibility index (Phi) is 6.37. The molecule has 0 radical (unpaired) electrons. The van der Waals surface area contributed by atoms with Gasteiger partial charge in [0.1, 0.15) is 0 Å². The van der Waals surface area contributed by atoms with Gasteiger partial charge in [-0.15, -0.1) is 6.58 Å². The van der Waals surface area contributed by atoms with Crippen molar-refractivity contribution in [2.75, 3.05) is 46.8 Å². The molecule has 1 aromatic heterocycles. The number of likely N-dealkylation sites (N-methyl/N-ethyl adjacent to an activating group) is 2. The molecule has 2 aliphatic rings. The molecule has 1 aliphatic carbocycles. The van der Waals surface area contributed by atoms with Crippen molar-refractivity contribution in [3.8, 4) is 0 Å². The van der Waals surface area contributed by atoms with Crippen LogP contribution < -0.4 is 0 Å². The second-order valence-corrected chi connectivity index (χ2v) is 8.57. The normalized spacial score (nSPS) is 21.0. The first-order chi connectivity index (χ1) is 12.9. The van der Waals surface area contributed by atoms with E-state index in [0.717, 1.165) is 52.0 Å². The summed E-state index contributed by atoms with van der Waals surface area (Å²) in [7, 11) is 4.32. The van der Waals surface area contributed by atoms with Crippen LogP contribution in [0, 0.1) is 5.92 Å². The highest BCUT2D eigenvalue weighted by atomic mass is 16.2. The van der Waals surface area contributed by atoms with Gasteiger partial charge >= 0.3 is 0 Å². The van der Waals surface area contributed by atoms with Crippen molar-refractivity contribution in [3.05, 3.63) is 29.6 Å². The van der Waals surface area contributed by atoms with Gasteiger partial charge in [0.05, 0.1) is 6.54 Å². The van der Waals surface area contributed by atoms with Gasteiger partial charge in [-0.25, -0.2) is 0 Å². The zero-order valence-corrected chi connectivity index (χ0v) is 17.4. The Bertz CT molecular complexity index is 672. The molecule has 3 rings (SSSR count). The van der Waals surface area contributed by atoms with E-state index in [2.05, 4.69) is 44.3 Å². The molecule has 1 atom stereocenters. The number of aromatic nitrogens is 2. The second-order valence-electron chi connectivity index (χ2n) is 8.57. The molecule has 0 bridgehead atoms. The Labute approximate surface area is 163 Å². The third kappa shape index (κ3) is 4.43. The van der Waals surface area contributed by atoms with Gasteiger partial charge in [-0.3, -0.25) is 9.48 Å². The SMILES string of the molecule is C=CCn1nc(C(=O)N2CCN(C)CC2)c2c1CCC(N(C)CC(C)C)C2. The summed E-state index contributed by atoms with van der Waals surface area (Å²) in [6.07, 6.45) is 4.90. The summed E-state index contributed by atoms with van der Waals surface area (Å²) in [5.41, 5.74) is 3.09. The molecule has 2 heterocycles. The highest BCUT2D eigenvalue weighted by Crippen LogP contribution is 2.28. The average Bonchev–Trinajstić information content (AvgIpc) is 2.99. The third-order valence-corrected chi connectivity index (χ3v) is 5.89. The van der Waals surface area contributed by atoms with E-state index < -0.39 is 0 Å². The number of allylic oxidation sites excluding steroid dienone is 1. The van der Waals surface area contributed by atoms with E-state index in [4.69, 9.17) is 5.10 Å². The number of carbonyl (C=O) groups is 1. The van der Waals surface area contributed by atoms with E-state index in [1.54, 1.807) is 0 Å². The Morgan fingerprint density at radius 2 is 2.04 bits per heavy atom. The Balaban J connectivity index is 1.84. The largest absolute Gasteiger partial charge is 0.335 e. The topological polar surface area (TPSA) is 44.6 Å². The summed E-state index contributed by atoms with van der Waals surface area (Å²) in [5.74, 6) is 0.751. The minimum atomic E-state index is 0.106. The average molecular weight is 374 g/mol. The molecule has 1 aliphatic heterocycles. The van der Waals surface area contributed by atoms with Crippen LogP contribution in [0.15, 0.2) is 12.7 Å². The van der Waals surface area contributed by atoms with Crippen molar-refractivity contribution in [1.82, 2.24) is 24.5 Å². The number of hydrogen-bond acceptors (Lipinski definition) is 4.